The van der Waals surface area contributed by atoms with Crippen LogP contribution in [-0.2, 0) is 4.79 Å². The molecule has 0 aromatic heterocycles. The first kappa shape index (κ1) is 18.6. The Kier molecular flexibility index (Phi) is 5.26. The van der Waals surface area contributed by atoms with E-state index in [9.17, 15) is 9.59 Å². The quantitative estimate of drug-likeness (QED) is 0.888. The summed E-state index contributed by atoms with van der Waals surface area (Å²) < 4.78 is 10.4. The third-order valence-corrected chi connectivity index (χ3v) is 4.80. The summed E-state index contributed by atoms with van der Waals surface area (Å²) in [5.74, 6) is 0.495. The molecule has 1 unspecified atom stereocenters. The highest BCUT2D eigenvalue weighted by Gasteiger charge is 2.28. The normalized spacial score (nSPS) is 20.1. The van der Waals surface area contributed by atoms with Crippen molar-refractivity contribution in [2.75, 3.05) is 14.2 Å². The smallest absolute Gasteiger partial charge is 0.281 e. The summed E-state index contributed by atoms with van der Waals surface area (Å²) in [6, 6.07) is 4.94. The maximum atomic E-state index is 12.6. The fourth-order valence-electron chi connectivity index (χ4n) is 3.32. The van der Waals surface area contributed by atoms with Gasteiger partial charge in [-0.15, -0.1) is 0 Å². The van der Waals surface area contributed by atoms with Crippen LogP contribution in [0.5, 0.6) is 11.5 Å². The van der Waals surface area contributed by atoms with Gasteiger partial charge in [0.1, 0.15) is 11.5 Å². The van der Waals surface area contributed by atoms with Crippen molar-refractivity contribution in [2.45, 2.75) is 20.3 Å². The van der Waals surface area contributed by atoms with Crippen LogP contribution in [0.1, 0.15) is 30.6 Å². The molecule has 6 heteroatoms. The van der Waals surface area contributed by atoms with Gasteiger partial charge in [-0.2, -0.15) is 0 Å². The van der Waals surface area contributed by atoms with E-state index in [1.165, 1.54) is 7.11 Å². The standard InChI is InChI=1S/C21H22N2O4/c1-5-15-12(2)16-8-6-13(10-18(16)23-20(15)24)22-21(25)17-9-7-14(26-3)11-19(17)27-4/h6-11,16H,5H2,1-4H3,(H,23,24). The van der Waals surface area contributed by atoms with Gasteiger partial charge in [0, 0.05) is 23.3 Å². The second kappa shape index (κ2) is 7.61. The van der Waals surface area contributed by atoms with E-state index in [0.29, 0.717) is 29.2 Å². The Morgan fingerprint density at radius 2 is 2.04 bits per heavy atom. The Morgan fingerprint density at radius 3 is 2.70 bits per heavy atom. The van der Waals surface area contributed by atoms with Crippen LogP contribution < -0.4 is 14.8 Å². The highest BCUT2D eigenvalue weighted by molar-refractivity contribution is 6.14. The summed E-state index contributed by atoms with van der Waals surface area (Å²) in [6.07, 6.45) is 6.19. The van der Waals surface area contributed by atoms with Crippen LogP contribution in [-0.4, -0.2) is 31.7 Å². The number of aliphatic imine (C=N–C) groups is 1. The van der Waals surface area contributed by atoms with Crippen molar-refractivity contribution in [1.82, 2.24) is 5.32 Å². The molecule has 2 aliphatic rings. The number of allylic oxidation sites excluding steroid dienone is 3. The van der Waals surface area contributed by atoms with Gasteiger partial charge in [-0.3, -0.25) is 9.59 Å². The number of amides is 2. The fourth-order valence-corrected chi connectivity index (χ4v) is 3.32. The highest BCUT2D eigenvalue weighted by atomic mass is 16.5. The summed E-state index contributed by atoms with van der Waals surface area (Å²) in [4.78, 5) is 29.0. The molecule has 0 fully saturated rings. The molecule has 1 N–H and O–H groups in total. The number of carbonyl (C=O) groups is 2. The molecule has 0 radical (unpaired) electrons. The average molecular weight is 366 g/mol. The van der Waals surface area contributed by atoms with Crippen LogP contribution in [0, 0.1) is 5.92 Å². The van der Waals surface area contributed by atoms with Crippen LogP contribution in [0.3, 0.4) is 0 Å². The van der Waals surface area contributed by atoms with E-state index >= 15 is 0 Å². The Hall–Kier alpha value is -3.15. The summed E-state index contributed by atoms with van der Waals surface area (Å²) in [7, 11) is 3.04. The monoisotopic (exact) mass is 366 g/mol. The van der Waals surface area contributed by atoms with E-state index in [-0.39, 0.29) is 11.8 Å². The van der Waals surface area contributed by atoms with Gasteiger partial charge in [-0.25, -0.2) is 4.99 Å². The average Bonchev–Trinajstić information content (AvgIpc) is 2.67. The summed E-state index contributed by atoms with van der Waals surface area (Å²) in [5, 5.41) is 2.91. The van der Waals surface area contributed by atoms with Crippen molar-refractivity contribution in [3.63, 3.8) is 0 Å². The van der Waals surface area contributed by atoms with E-state index < -0.39 is 5.91 Å². The van der Waals surface area contributed by atoms with Crippen molar-refractivity contribution in [2.24, 2.45) is 10.9 Å². The molecule has 0 spiro atoms. The first-order valence-corrected chi connectivity index (χ1v) is 8.74. The van der Waals surface area contributed by atoms with Crippen LogP contribution in [0.25, 0.3) is 0 Å². The summed E-state index contributed by atoms with van der Waals surface area (Å²) >= 11 is 0. The van der Waals surface area contributed by atoms with Crippen molar-refractivity contribution < 1.29 is 19.1 Å². The SMILES string of the molecule is CCC1=C(C)C2C=CC(=NC(=O)c3ccc(OC)cc3OC)C=C2NC1=O. The lowest BCUT2D eigenvalue weighted by molar-refractivity contribution is -0.117. The second-order valence-electron chi connectivity index (χ2n) is 6.31. The summed E-state index contributed by atoms with van der Waals surface area (Å²) in [5.41, 5.74) is 3.41. The molecule has 1 aromatic carbocycles. The molecule has 1 atom stereocenters. The third kappa shape index (κ3) is 3.56. The Morgan fingerprint density at radius 1 is 1.26 bits per heavy atom. The number of nitrogens with one attached hydrogen (secondary N) is 1. The largest absolute Gasteiger partial charge is 0.497 e. The van der Waals surface area contributed by atoms with Crippen molar-refractivity contribution in [1.29, 1.82) is 0 Å². The molecule has 1 heterocycles. The predicted molar refractivity (Wildman–Crippen MR) is 103 cm³/mol. The molecular formula is C21H22N2O4. The minimum Gasteiger partial charge on any atom is -0.497 e. The van der Waals surface area contributed by atoms with Gasteiger partial charge >= 0.3 is 0 Å². The number of hydrogen-bond donors (Lipinski definition) is 1. The lowest BCUT2D eigenvalue weighted by Crippen LogP contribution is -2.36. The zero-order valence-corrected chi connectivity index (χ0v) is 15.8. The van der Waals surface area contributed by atoms with Crippen molar-refractivity contribution in [3.05, 3.63) is 58.8 Å². The first-order chi connectivity index (χ1) is 13.0. The lowest BCUT2D eigenvalue weighted by Gasteiger charge is -2.29. The number of benzene rings is 1. The summed E-state index contributed by atoms with van der Waals surface area (Å²) in [6.45, 7) is 3.93. The van der Waals surface area contributed by atoms with Gasteiger partial charge in [-0.05, 0) is 37.6 Å². The van der Waals surface area contributed by atoms with E-state index in [1.807, 2.05) is 19.9 Å². The van der Waals surface area contributed by atoms with E-state index in [1.54, 1.807) is 37.5 Å². The van der Waals surface area contributed by atoms with Crippen LogP contribution >= 0.6 is 0 Å². The number of nitrogens with zero attached hydrogens (tertiary/aromatic N) is 1. The van der Waals surface area contributed by atoms with Crippen LogP contribution in [0.4, 0.5) is 0 Å². The van der Waals surface area contributed by atoms with Gasteiger partial charge in [0.05, 0.1) is 25.5 Å². The number of ether oxygens (including phenoxy) is 2. The number of methoxy groups -OCH3 is 2. The topological polar surface area (TPSA) is 77.0 Å². The fraction of sp³-hybridized carbons (Fsp3) is 0.286. The number of hydrogen-bond acceptors (Lipinski definition) is 4. The Balaban J connectivity index is 1.90. The molecule has 0 saturated carbocycles. The van der Waals surface area contributed by atoms with E-state index in [0.717, 1.165) is 16.8 Å². The van der Waals surface area contributed by atoms with Crippen LogP contribution in [0.15, 0.2) is 58.3 Å². The van der Waals surface area contributed by atoms with E-state index in [4.69, 9.17) is 9.47 Å². The molecule has 6 nitrogen and oxygen atoms in total. The number of fused-ring (bicyclic) bond motifs is 1. The maximum absolute atomic E-state index is 12.6. The zero-order valence-electron chi connectivity index (χ0n) is 15.8. The predicted octanol–water partition coefficient (Wildman–Crippen LogP) is 3.21. The van der Waals surface area contributed by atoms with Gasteiger partial charge in [0.15, 0.2) is 0 Å². The molecule has 3 rings (SSSR count). The lowest BCUT2D eigenvalue weighted by atomic mass is 9.84. The molecule has 27 heavy (non-hydrogen) atoms. The minimum absolute atomic E-state index is 0.0159. The molecule has 0 bridgehead atoms. The van der Waals surface area contributed by atoms with Gasteiger partial charge in [-0.1, -0.05) is 18.6 Å². The molecular weight excluding hydrogens is 344 g/mol. The maximum Gasteiger partial charge on any atom is 0.281 e. The Bertz CT molecular complexity index is 922. The minimum atomic E-state index is -0.423. The first-order valence-electron chi connectivity index (χ1n) is 8.74. The third-order valence-electron chi connectivity index (χ3n) is 4.80. The number of carbonyl (C=O) groups excluding carboxylic acids is 2. The molecule has 140 valence electrons. The van der Waals surface area contributed by atoms with Crippen molar-refractivity contribution >= 4 is 17.5 Å². The molecule has 1 aliphatic heterocycles. The highest BCUT2D eigenvalue weighted by Crippen LogP contribution is 2.31. The second-order valence-corrected chi connectivity index (χ2v) is 6.31. The Labute approximate surface area is 158 Å². The molecule has 1 aromatic rings. The van der Waals surface area contributed by atoms with Crippen LogP contribution in [0.2, 0.25) is 0 Å². The van der Waals surface area contributed by atoms with Gasteiger partial charge in [0.2, 0.25) is 0 Å². The molecule has 2 amide bonds. The van der Waals surface area contributed by atoms with Gasteiger partial charge in [0.25, 0.3) is 11.8 Å². The molecule has 0 saturated heterocycles. The zero-order chi connectivity index (χ0) is 19.6. The van der Waals surface area contributed by atoms with Crippen molar-refractivity contribution in [3.8, 4) is 11.5 Å². The van der Waals surface area contributed by atoms with Gasteiger partial charge < -0.3 is 14.8 Å². The molecule has 1 aliphatic carbocycles. The van der Waals surface area contributed by atoms with E-state index in [2.05, 4.69) is 10.3 Å². The number of rotatable bonds is 4.